The van der Waals surface area contributed by atoms with Gasteiger partial charge in [-0.1, -0.05) is 19.1 Å². The third-order valence-corrected chi connectivity index (χ3v) is 3.60. The standard InChI is InChI=1S/C15H21NO3/c1-4-15(2,10-17)16-9-12-8-11-6-5-7-13(18-3)14(11)19-12/h5-8,16-17H,4,9-10H2,1-3H3. The summed E-state index contributed by atoms with van der Waals surface area (Å²) >= 11 is 0. The normalized spacial score (nSPS) is 14.5. The van der Waals surface area contributed by atoms with Crippen LogP contribution in [0.5, 0.6) is 5.75 Å². The number of methoxy groups -OCH3 is 1. The Labute approximate surface area is 113 Å². The SMILES string of the molecule is CCC(C)(CO)NCc1cc2cccc(OC)c2o1. The molecule has 0 radical (unpaired) electrons. The van der Waals surface area contributed by atoms with E-state index in [2.05, 4.69) is 5.32 Å². The number of benzene rings is 1. The van der Waals surface area contributed by atoms with Gasteiger partial charge in [0.25, 0.3) is 0 Å². The molecule has 0 saturated heterocycles. The quantitative estimate of drug-likeness (QED) is 0.841. The Morgan fingerprint density at radius 1 is 1.42 bits per heavy atom. The molecule has 1 aromatic carbocycles. The zero-order valence-electron chi connectivity index (χ0n) is 11.7. The van der Waals surface area contributed by atoms with Crippen LogP contribution in [0.1, 0.15) is 26.0 Å². The monoisotopic (exact) mass is 263 g/mol. The van der Waals surface area contributed by atoms with E-state index < -0.39 is 0 Å². The van der Waals surface area contributed by atoms with E-state index in [0.29, 0.717) is 6.54 Å². The summed E-state index contributed by atoms with van der Waals surface area (Å²) in [5, 5.41) is 13.7. The van der Waals surface area contributed by atoms with Gasteiger partial charge in [0.2, 0.25) is 0 Å². The molecule has 2 aromatic rings. The van der Waals surface area contributed by atoms with Crippen LogP contribution in [0.2, 0.25) is 0 Å². The summed E-state index contributed by atoms with van der Waals surface area (Å²) in [5.41, 5.74) is 0.493. The summed E-state index contributed by atoms with van der Waals surface area (Å²) in [6, 6.07) is 7.82. The van der Waals surface area contributed by atoms with E-state index in [-0.39, 0.29) is 12.1 Å². The first-order chi connectivity index (χ1) is 9.11. The van der Waals surface area contributed by atoms with Crippen molar-refractivity contribution < 1.29 is 14.3 Å². The predicted molar refractivity (Wildman–Crippen MR) is 75.4 cm³/mol. The number of rotatable bonds is 6. The van der Waals surface area contributed by atoms with E-state index in [1.54, 1.807) is 7.11 Å². The van der Waals surface area contributed by atoms with Crippen LogP contribution in [-0.2, 0) is 6.54 Å². The summed E-state index contributed by atoms with van der Waals surface area (Å²) in [7, 11) is 1.63. The molecule has 0 amide bonds. The van der Waals surface area contributed by atoms with Gasteiger partial charge >= 0.3 is 0 Å². The van der Waals surface area contributed by atoms with Crippen LogP contribution < -0.4 is 10.1 Å². The lowest BCUT2D eigenvalue weighted by Gasteiger charge is -2.26. The van der Waals surface area contributed by atoms with Crippen molar-refractivity contribution in [3.8, 4) is 5.75 Å². The number of aliphatic hydroxyl groups excluding tert-OH is 1. The lowest BCUT2D eigenvalue weighted by atomic mass is 10.0. The molecule has 4 nitrogen and oxygen atoms in total. The molecule has 104 valence electrons. The van der Waals surface area contributed by atoms with Gasteiger partial charge in [0, 0.05) is 10.9 Å². The topological polar surface area (TPSA) is 54.6 Å². The minimum absolute atomic E-state index is 0.104. The maximum atomic E-state index is 9.37. The van der Waals surface area contributed by atoms with Crippen molar-refractivity contribution in [3.63, 3.8) is 0 Å². The molecule has 0 aliphatic rings. The number of furan rings is 1. The molecule has 0 bridgehead atoms. The molecule has 0 spiro atoms. The van der Waals surface area contributed by atoms with Crippen molar-refractivity contribution in [2.75, 3.05) is 13.7 Å². The average molecular weight is 263 g/mol. The van der Waals surface area contributed by atoms with Crippen LogP contribution in [-0.4, -0.2) is 24.4 Å². The second-order valence-electron chi connectivity index (χ2n) is 5.02. The Balaban J connectivity index is 2.18. The van der Waals surface area contributed by atoms with Crippen molar-refractivity contribution in [2.45, 2.75) is 32.4 Å². The second-order valence-corrected chi connectivity index (χ2v) is 5.02. The summed E-state index contributed by atoms with van der Waals surface area (Å²) in [6.45, 7) is 4.73. The van der Waals surface area contributed by atoms with E-state index in [0.717, 1.165) is 28.9 Å². The Hall–Kier alpha value is -1.52. The highest BCUT2D eigenvalue weighted by molar-refractivity contribution is 5.83. The Morgan fingerprint density at radius 2 is 2.21 bits per heavy atom. The van der Waals surface area contributed by atoms with Gasteiger partial charge in [0.15, 0.2) is 11.3 Å². The molecule has 1 aromatic heterocycles. The van der Waals surface area contributed by atoms with E-state index in [1.165, 1.54) is 0 Å². The molecule has 0 fully saturated rings. The highest BCUT2D eigenvalue weighted by Crippen LogP contribution is 2.28. The van der Waals surface area contributed by atoms with E-state index >= 15 is 0 Å². The molecule has 1 atom stereocenters. The van der Waals surface area contributed by atoms with Crippen molar-refractivity contribution in [1.82, 2.24) is 5.32 Å². The number of para-hydroxylation sites is 1. The Morgan fingerprint density at radius 3 is 2.84 bits per heavy atom. The summed E-state index contributed by atoms with van der Waals surface area (Å²) in [4.78, 5) is 0. The molecule has 0 saturated carbocycles. The second kappa shape index (κ2) is 5.63. The molecule has 1 unspecified atom stereocenters. The molecule has 19 heavy (non-hydrogen) atoms. The zero-order valence-corrected chi connectivity index (χ0v) is 11.7. The van der Waals surface area contributed by atoms with E-state index in [1.807, 2.05) is 38.1 Å². The van der Waals surface area contributed by atoms with Gasteiger partial charge in [-0.25, -0.2) is 0 Å². The van der Waals surface area contributed by atoms with Crippen molar-refractivity contribution >= 4 is 11.0 Å². The fourth-order valence-corrected chi connectivity index (χ4v) is 1.93. The molecule has 1 heterocycles. The van der Waals surface area contributed by atoms with E-state index in [4.69, 9.17) is 9.15 Å². The average Bonchev–Trinajstić information content (AvgIpc) is 2.87. The lowest BCUT2D eigenvalue weighted by Crippen LogP contribution is -2.44. The maximum Gasteiger partial charge on any atom is 0.176 e. The summed E-state index contributed by atoms with van der Waals surface area (Å²) in [5.74, 6) is 1.58. The molecule has 0 aliphatic heterocycles. The molecule has 2 N–H and O–H groups in total. The van der Waals surface area contributed by atoms with Crippen LogP contribution in [0.4, 0.5) is 0 Å². The smallest absolute Gasteiger partial charge is 0.176 e. The fraction of sp³-hybridized carbons (Fsp3) is 0.467. The van der Waals surface area contributed by atoms with Crippen LogP contribution in [0.3, 0.4) is 0 Å². The van der Waals surface area contributed by atoms with Crippen LogP contribution in [0.15, 0.2) is 28.7 Å². The van der Waals surface area contributed by atoms with Crippen molar-refractivity contribution in [1.29, 1.82) is 0 Å². The van der Waals surface area contributed by atoms with Gasteiger partial charge in [-0.15, -0.1) is 0 Å². The third-order valence-electron chi connectivity index (χ3n) is 3.60. The first-order valence-corrected chi connectivity index (χ1v) is 6.53. The van der Waals surface area contributed by atoms with Gasteiger partial charge in [-0.2, -0.15) is 0 Å². The number of ether oxygens (including phenoxy) is 1. The van der Waals surface area contributed by atoms with Crippen LogP contribution in [0.25, 0.3) is 11.0 Å². The lowest BCUT2D eigenvalue weighted by molar-refractivity contribution is 0.166. The highest BCUT2D eigenvalue weighted by atomic mass is 16.5. The van der Waals surface area contributed by atoms with Crippen molar-refractivity contribution in [2.24, 2.45) is 0 Å². The largest absolute Gasteiger partial charge is 0.493 e. The first kappa shape index (κ1) is 13.9. The zero-order chi connectivity index (χ0) is 13.9. The Kier molecular flexibility index (Phi) is 4.12. The molecular weight excluding hydrogens is 242 g/mol. The van der Waals surface area contributed by atoms with E-state index in [9.17, 15) is 5.11 Å². The van der Waals surface area contributed by atoms with Gasteiger partial charge < -0.3 is 19.6 Å². The number of hydrogen-bond acceptors (Lipinski definition) is 4. The number of fused-ring (bicyclic) bond motifs is 1. The van der Waals surface area contributed by atoms with Crippen LogP contribution in [0, 0.1) is 0 Å². The number of aliphatic hydroxyl groups is 1. The minimum Gasteiger partial charge on any atom is -0.493 e. The highest BCUT2D eigenvalue weighted by Gasteiger charge is 2.20. The number of nitrogens with one attached hydrogen (secondary N) is 1. The first-order valence-electron chi connectivity index (χ1n) is 6.53. The predicted octanol–water partition coefficient (Wildman–Crippen LogP) is 2.69. The van der Waals surface area contributed by atoms with Gasteiger partial charge in [-0.05, 0) is 25.5 Å². The van der Waals surface area contributed by atoms with Crippen molar-refractivity contribution in [3.05, 3.63) is 30.0 Å². The minimum atomic E-state index is -0.275. The number of hydrogen-bond donors (Lipinski definition) is 2. The van der Waals surface area contributed by atoms with Gasteiger partial charge in [-0.3, -0.25) is 0 Å². The summed E-state index contributed by atoms with van der Waals surface area (Å²) < 4.78 is 11.1. The molecule has 2 rings (SSSR count). The third kappa shape index (κ3) is 2.91. The Bertz CT molecular complexity index is 543. The molecular formula is C15H21NO3. The van der Waals surface area contributed by atoms with Gasteiger partial charge in [0.05, 0.1) is 20.3 Å². The fourth-order valence-electron chi connectivity index (χ4n) is 1.93. The summed E-state index contributed by atoms with van der Waals surface area (Å²) in [6.07, 6.45) is 0.854. The maximum absolute atomic E-state index is 9.37. The molecule has 4 heteroatoms. The molecule has 0 aliphatic carbocycles. The van der Waals surface area contributed by atoms with Gasteiger partial charge in [0.1, 0.15) is 5.76 Å². The van der Waals surface area contributed by atoms with Crippen LogP contribution >= 0.6 is 0 Å².